The number of aromatic nitrogens is 1. The molecule has 0 spiro atoms. The fourth-order valence-corrected chi connectivity index (χ4v) is 1.28. The number of amides is 1. The van der Waals surface area contributed by atoms with E-state index in [1.54, 1.807) is 20.8 Å². The molecule has 0 N–H and O–H groups in total. The molecule has 1 rings (SSSR count). The zero-order valence-electron chi connectivity index (χ0n) is 11.7. The number of carbonyl (C=O) groups is 1. The minimum absolute atomic E-state index is 0.339. The van der Waals surface area contributed by atoms with Gasteiger partial charge in [-0.25, -0.2) is 4.79 Å². The summed E-state index contributed by atoms with van der Waals surface area (Å²) in [7, 11) is 1.49. The predicted molar refractivity (Wildman–Crippen MR) is 68.4 cm³/mol. The van der Waals surface area contributed by atoms with Crippen LogP contribution in [0.2, 0.25) is 0 Å². The lowest BCUT2D eigenvalue weighted by Gasteiger charge is -2.24. The fourth-order valence-electron chi connectivity index (χ4n) is 1.28. The summed E-state index contributed by atoms with van der Waals surface area (Å²) in [6, 6.07) is 2.60. The van der Waals surface area contributed by atoms with Gasteiger partial charge in [0.05, 0.1) is 11.9 Å². The van der Waals surface area contributed by atoms with Gasteiger partial charge in [-0.3, -0.25) is 9.88 Å². The highest BCUT2D eigenvalue weighted by Crippen LogP contribution is 2.26. The molecule has 19 heavy (non-hydrogen) atoms. The summed E-state index contributed by atoms with van der Waals surface area (Å²) in [5, 5.41) is 0. The summed E-state index contributed by atoms with van der Waals surface area (Å²) < 4.78 is 31.2. The standard InChI is InChI=1S/C13H18F2N2O2/c1-12(2,3)19-11(18)17(5)9-6-7-10(16-8-9)13(4,14)15/h6-8H,1-5H3. The van der Waals surface area contributed by atoms with Crippen LogP contribution in [-0.4, -0.2) is 23.7 Å². The van der Waals surface area contributed by atoms with E-state index in [2.05, 4.69) is 4.98 Å². The van der Waals surface area contributed by atoms with Gasteiger partial charge in [0.15, 0.2) is 0 Å². The van der Waals surface area contributed by atoms with Gasteiger partial charge in [0.25, 0.3) is 5.92 Å². The molecule has 106 valence electrons. The van der Waals surface area contributed by atoms with Crippen LogP contribution in [0.1, 0.15) is 33.4 Å². The van der Waals surface area contributed by atoms with Gasteiger partial charge >= 0.3 is 6.09 Å². The Morgan fingerprint density at radius 3 is 2.21 bits per heavy atom. The highest BCUT2D eigenvalue weighted by molar-refractivity contribution is 5.86. The Morgan fingerprint density at radius 2 is 1.84 bits per heavy atom. The molecule has 0 saturated heterocycles. The second-order valence-electron chi connectivity index (χ2n) is 5.33. The summed E-state index contributed by atoms with van der Waals surface area (Å²) >= 11 is 0. The van der Waals surface area contributed by atoms with Crippen LogP contribution < -0.4 is 4.90 Å². The van der Waals surface area contributed by atoms with E-state index in [-0.39, 0.29) is 5.69 Å². The zero-order valence-corrected chi connectivity index (χ0v) is 11.7. The summed E-state index contributed by atoms with van der Waals surface area (Å²) in [5.74, 6) is -3.00. The second kappa shape index (κ2) is 5.11. The molecule has 1 heterocycles. The fraction of sp³-hybridized carbons (Fsp3) is 0.538. The molecule has 0 aromatic carbocycles. The summed E-state index contributed by atoms with van der Waals surface area (Å²) in [4.78, 5) is 16.6. The van der Waals surface area contributed by atoms with Crippen molar-refractivity contribution < 1.29 is 18.3 Å². The lowest BCUT2D eigenvalue weighted by atomic mass is 10.2. The van der Waals surface area contributed by atoms with Gasteiger partial charge in [-0.05, 0) is 32.9 Å². The molecule has 0 atom stereocenters. The number of anilines is 1. The highest BCUT2D eigenvalue weighted by Gasteiger charge is 2.26. The van der Waals surface area contributed by atoms with Gasteiger partial charge in [0.2, 0.25) is 0 Å². The molecule has 4 nitrogen and oxygen atoms in total. The Hall–Kier alpha value is -1.72. The Balaban J connectivity index is 2.84. The van der Waals surface area contributed by atoms with Gasteiger partial charge in [0.1, 0.15) is 11.3 Å². The minimum Gasteiger partial charge on any atom is -0.443 e. The molecule has 0 radical (unpaired) electrons. The van der Waals surface area contributed by atoms with Crippen LogP contribution in [0.5, 0.6) is 0 Å². The third kappa shape index (κ3) is 4.46. The Labute approximate surface area is 111 Å². The summed E-state index contributed by atoms with van der Waals surface area (Å²) in [6.45, 7) is 6.01. The van der Waals surface area contributed by atoms with Crippen LogP contribution >= 0.6 is 0 Å². The van der Waals surface area contributed by atoms with Crippen LogP contribution in [-0.2, 0) is 10.7 Å². The highest BCUT2D eigenvalue weighted by atomic mass is 19.3. The molecule has 1 amide bonds. The van der Waals surface area contributed by atoms with Gasteiger partial charge < -0.3 is 4.74 Å². The SMILES string of the molecule is CN(C(=O)OC(C)(C)C)c1ccc(C(C)(F)F)nc1. The molecule has 6 heteroatoms. The monoisotopic (exact) mass is 272 g/mol. The number of nitrogens with zero attached hydrogens (tertiary/aromatic N) is 2. The van der Waals surface area contributed by atoms with Crippen LogP contribution in [0.25, 0.3) is 0 Å². The molecular formula is C13H18F2N2O2. The smallest absolute Gasteiger partial charge is 0.414 e. The van der Waals surface area contributed by atoms with E-state index in [0.29, 0.717) is 5.69 Å². The van der Waals surface area contributed by atoms with E-state index in [1.807, 2.05) is 0 Å². The number of ether oxygens (including phenoxy) is 1. The van der Waals surface area contributed by atoms with Crippen molar-refractivity contribution in [1.29, 1.82) is 0 Å². The van der Waals surface area contributed by atoms with E-state index in [9.17, 15) is 13.6 Å². The van der Waals surface area contributed by atoms with E-state index >= 15 is 0 Å². The van der Waals surface area contributed by atoms with Crippen LogP contribution in [0.4, 0.5) is 19.3 Å². The molecule has 0 bridgehead atoms. The maximum absolute atomic E-state index is 13.0. The maximum Gasteiger partial charge on any atom is 0.414 e. The van der Waals surface area contributed by atoms with Crippen LogP contribution in [0.3, 0.4) is 0 Å². The van der Waals surface area contributed by atoms with Gasteiger partial charge in [-0.2, -0.15) is 8.78 Å². The number of pyridine rings is 1. The first-order valence-electron chi connectivity index (χ1n) is 5.82. The Bertz CT molecular complexity index is 447. The Morgan fingerprint density at radius 1 is 1.26 bits per heavy atom. The van der Waals surface area contributed by atoms with Gasteiger partial charge in [0, 0.05) is 14.0 Å². The third-order valence-corrected chi connectivity index (χ3v) is 2.25. The number of alkyl halides is 2. The predicted octanol–water partition coefficient (Wildman–Crippen LogP) is 3.56. The molecule has 0 aliphatic heterocycles. The molecule has 1 aromatic heterocycles. The molecule has 0 saturated carbocycles. The molecule has 0 aliphatic rings. The van der Waals surface area contributed by atoms with Crippen LogP contribution in [0, 0.1) is 0 Å². The van der Waals surface area contributed by atoms with Gasteiger partial charge in [-0.15, -0.1) is 0 Å². The first-order valence-corrected chi connectivity index (χ1v) is 5.82. The van der Waals surface area contributed by atoms with Crippen molar-refractivity contribution in [2.24, 2.45) is 0 Å². The molecule has 0 fully saturated rings. The zero-order chi connectivity index (χ0) is 14.8. The quantitative estimate of drug-likeness (QED) is 0.826. The second-order valence-corrected chi connectivity index (χ2v) is 5.33. The summed E-state index contributed by atoms with van der Waals surface area (Å²) in [6.07, 6.45) is 0.654. The van der Waals surface area contributed by atoms with E-state index in [1.165, 1.54) is 30.3 Å². The first-order chi connectivity index (χ1) is 8.50. The average Bonchev–Trinajstić information content (AvgIpc) is 2.24. The normalized spacial score (nSPS) is 12.2. The topological polar surface area (TPSA) is 42.4 Å². The van der Waals surface area contributed by atoms with Crippen molar-refractivity contribution in [3.63, 3.8) is 0 Å². The molecular weight excluding hydrogens is 254 g/mol. The minimum atomic E-state index is -3.00. The van der Waals surface area contributed by atoms with Crippen molar-refractivity contribution in [3.05, 3.63) is 24.0 Å². The van der Waals surface area contributed by atoms with E-state index in [0.717, 1.165) is 6.92 Å². The van der Waals surface area contributed by atoms with Crippen molar-refractivity contribution in [2.45, 2.75) is 39.2 Å². The third-order valence-electron chi connectivity index (χ3n) is 2.25. The summed E-state index contributed by atoms with van der Waals surface area (Å²) in [5.41, 5.74) is -0.564. The number of rotatable bonds is 2. The van der Waals surface area contributed by atoms with Crippen molar-refractivity contribution in [3.8, 4) is 0 Å². The van der Waals surface area contributed by atoms with E-state index in [4.69, 9.17) is 4.74 Å². The lowest BCUT2D eigenvalue weighted by Crippen LogP contribution is -2.34. The van der Waals surface area contributed by atoms with Crippen LogP contribution in [0.15, 0.2) is 18.3 Å². The van der Waals surface area contributed by atoms with Crippen molar-refractivity contribution >= 4 is 11.8 Å². The number of hydrogen-bond donors (Lipinski definition) is 0. The first kappa shape index (κ1) is 15.3. The maximum atomic E-state index is 13.0. The van der Waals surface area contributed by atoms with Crippen molar-refractivity contribution in [1.82, 2.24) is 4.98 Å². The molecule has 0 aliphatic carbocycles. The number of carbonyl (C=O) groups excluding carboxylic acids is 1. The Kier molecular flexibility index (Phi) is 4.12. The largest absolute Gasteiger partial charge is 0.443 e. The van der Waals surface area contributed by atoms with Crippen molar-refractivity contribution in [2.75, 3.05) is 11.9 Å². The average molecular weight is 272 g/mol. The van der Waals surface area contributed by atoms with E-state index < -0.39 is 17.6 Å². The lowest BCUT2D eigenvalue weighted by molar-refractivity contribution is 0.0128. The number of halogens is 2. The molecule has 1 aromatic rings. The number of hydrogen-bond acceptors (Lipinski definition) is 3. The van der Waals surface area contributed by atoms with Gasteiger partial charge in [-0.1, -0.05) is 0 Å². The molecule has 0 unspecified atom stereocenters.